The van der Waals surface area contributed by atoms with Crippen LogP contribution in [0.25, 0.3) is 6.08 Å². The normalized spacial score (nSPS) is 18.6. The van der Waals surface area contributed by atoms with Gasteiger partial charge < -0.3 is 14.7 Å². The summed E-state index contributed by atoms with van der Waals surface area (Å²) >= 11 is 0. The second-order valence-corrected chi connectivity index (χ2v) is 5.65. The number of benzene rings is 1. The average molecular weight is 270 g/mol. The SMILES string of the molecule is CN1C=Cc2c(cccc2[N+](=O)[O-])C1P(=O)(O)O. The highest BCUT2D eigenvalue weighted by Gasteiger charge is 2.38. The van der Waals surface area contributed by atoms with Gasteiger partial charge in [-0.2, -0.15) is 0 Å². The van der Waals surface area contributed by atoms with Crippen LogP contribution in [-0.2, 0) is 4.57 Å². The van der Waals surface area contributed by atoms with E-state index in [9.17, 15) is 24.5 Å². The molecule has 0 saturated carbocycles. The van der Waals surface area contributed by atoms with Gasteiger partial charge in [-0.15, -0.1) is 0 Å². The molecule has 96 valence electrons. The first-order valence-corrected chi connectivity index (χ1v) is 6.73. The molecule has 1 aromatic rings. The Bertz CT molecular complexity index is 580. The molecule has 18 heavy (non-hydrogen) atoms. The Balaban J connectivity index is 2.67. The highest BCUT2D eigenvalue weighted by atomic mass is 31.2. The summed E-state index contributed by atoms with van der Waals surface area (Å²) in [6, 6.07) is 4.23. The molecule has 8 heteroatoms. The summed E-state index contributed by atoms with van der Waals surface area (Å²) in [7, 11) is -2.91. The molecular weight excluding hydrogens is 259 g/mol. The average Bonchev–Trinajstić information content (AvgIpc) is 2.25. The second kappa shape index (κ2) is 4.20. The molecule has 2 rings (SSSR count). The van der Waals surface area contributed by atoms with Gasteiger partial charge in [-0.3, -0.25) is 14.7 Å². The lowest BCUT2D eigenvalue weighted by Gasteiger charge is -2.31. The Morgan fingerprint density at radius 2 is 2.11 bits per heavy atom. The largest absolute Gasteiger partial charge is 0.363 e. The number of hydrogen-bond donors (Lipinski definition) is 2. The Kier molecular flexibility index (Phi) is 2.98. The number of rotatable bonds is 2. The minimum atomic E-state index is -4.43. The quantitative estimate of drug-likeness (QED) is 0.481. The minimum Gasteiger partial charge on any atom is -0.363 e. The monoisotopic (exact) mass is 270 g/mol. The summed E-state index contributed by atoms with van der Waals surface area (Å²) in [6.07, 6.45) is 2.92. The zero-order chi connectivity index (χ0) is 13.5. The van der Waals surface area contributed by atoms with Crippen LogP contribution in [-0.4, -0.2) is 26.7 Å². The Labute approximate surface area is 103 Å². The molecule has 0 aromatic heterocycles. The number of nitro groups is 1. The lowest BCUT2D eigenvalue weighted by atomic mass is 10.0. The summed E-state index contributed by atoms with van der Waals surface area (Å²) in [5, 5.41) is 10.9. The molecular formula is C10H11N2O5P. The molecule has 0 amide bonds. The molecule has 0 fully saturated rings. The predicted molar refractivity (Wildman–Crippen MR) is 64.7 cm³/mol. The van der Waals surface area contributed by atoms with Crippen molar-refractivity contribution in [3.8, 4) is 0 Å². The van der Waals surface area contributed by atoms with Gasteiger partial charge in [0.1, 0.15) is 0 Å². The molecule has 1 aliphatic rings. The van der Waals surface area contributed by atoms with Crippen molar-refractivity contribution < 1.29 is 19.3 Å². The maximum Gasteiger partial charge on any atom is 0.352 e. The molecule has 7 nitrogen and oxygen atoms in total. The predicted octanol–water partition coefficient (Wildman–Crippen LogP) is 1.69. The van der Waals surface area contributed by atoms with Crippen molar-refractivity contribution in [1.82, 2.24) is 4.90 Å². The van der Waals surface area contributed by atoms with E-state index < -0.39 is 18.3 Å². The molecule has 1 aromatic carbocycles. The topological polar surface area (TPSA) is 104 Å². The number of nitrogens with zero attached hydrogens (tertiary/aromatic N) is 2. The first-order chi connectivity index (χ1) is 8.32. The van der Waals surface area contributed by atoms with Crippen LogP contribution < -0.4 is 0 Å². The lowest BCUT2D eigenvalue weighted by molar-refractivity contribution is -0.385. The van der Waals surface area contributed by atoms with E-state index in [1.54, 1.807) is 0 Å². The van der Waals surface area contributed by atoms with Crippen LogP contribution in [0.4, 0.5) is 5.69 Å². The number of hydrogen-bond acceptors (Lipinski definition) is 4. The molecule has 2 N–H and O–H groups in total. The fourth-order valence-electron chi connectivity index (χ4n) is 2.05. The lowest BCUT2D eigenvalue weighted by Crippen LogP contribution is -2.23. The highest BCUT2D eigenvalue weighted by molar-refractivity contribution is 7.52. The molecule has 0 saturated heterocycles. The molecule has 0 radical (unpaired) electrons. The van der Waals surface area contributed by atoms with Gasteiger partial charge in [0.15, 0.2) is 5.78 Å². The van der Waals surface area contributed by atoms with Crippen molar-refractivity contribution in [2.45, 2.75) is 5.78 Å². The van der Waals surface area contributed by atoms with Gasteiger partial charge in [-0.05, 0) is 6.08 Å². The van der Waals surface area contributed by atoms with Crippen molar-refractivity contribution in [1.29, 1.82) is 0 Å². The van der Waals surface area contributed by atoms with Crippen molar-refractivity contribution >= 4 is 19.4 Å². The van der Waals surface area contributed by atoms with Gasteiger partial charge >= 0.3 is 7.60 Å². The van der Waals surface area contributed by atoms with Gasteiger partial charge in [-0.25, -0.2) is 0 Å². The Morgan fingerprint density at radius 3 is 2.67 bits per heavy atom. The van der Waals surface area contributed by atoms with Gasteiger partial charge in [0, 0.05) is 24.9 Å². The summed E-state index contributed by atoms with van der Waals surface area (Å²) in [6.45, 7) is 0. The summed E-state index contributed by atoms with van der Waals surface area (Å²) < 4.78 is 11.5. The number of fused-ring (bicyclic) bond motifs is 1. The standard InChI is InChI=1S/C10H11N2O5P/c1-11-6-5-7-8(10(11)18(15,16)17)3-2-4-9(7)12(13)14/h2-6,10H,1H3,(H2,15,16,17). The first kappa shape index (κ1) is 12.8. The van der Waals surface area contributed by atoms with Crippen LogP contribution in [0, 0.1) is 10.1 Å². The van der Waals surface area contributed by atoms with E-state index in [2.05, 4.69) is 0 Å². The van der Waals surface area contributed by atoms with Crippen LogP contribution in [0.3, 0.4) is 0 Å². The Morgan fingerprint density at radius 1 is 1.44 bits per heavy atom. The van der Waals surface area contributed by atoms with Crippen molar-refractivity contribution in [2.24, 2.45) is 0 Å². The summed E-state index contributed by atoms with van der Waals surface area (Å²) in [5.74, 6) is -1.18. The van der Waals surface area contributed by atoms with E-state index in [1.165, 1.54) is 42.4 Å². The second-order valence-electron chi connectivity index (χ2n) is 3.98. The molecule has 1 aliphatic heterocycles. The molecule has 0 aliphatic carbocycles. The summed E-state index contributed by atoms with van der Waals surface area (Å²) in [5.41, 5.74) is 0.353. The summed E-state index contributed by atoms with van der Waals surface area (Å²) in [4.78, 5) is 30.4. The van der Waals surface area contributed by atoms with E-state index >= 15 is 0 Å². The molecule has 1 heterocycles. The molecule has 1 atom stereocenters. The third kappa shape index (κ3) is 2.03. The van der Waals surface area contributed by atoms with E-state index in [0.29, 0.717) is 0 Å². The van der Waals surface area contributed by atoms with Gasteiger partial charge in [0.05, 0.1) is 10.5 Å². The van der Waals surface area contributed by atoms with Crippen molar-refractivity contribution in [2.75, 3.05) is 7.05 Å². The van der Waals surface area contributed by atoms with Crippen molar-refractivity contribution in [3.63, 3.8) is 0 Å². The fourth-order valence-corrected chi connectivity index (χ4v) is 3.19. The third-order valence-electron chi connectivity index (χ3n) is 2.77. The van der Waals surface area contributed by atoms with E-state index in [-0.39, 0.29) is 16.8 Å². The van der Waals surface area contributed by atoms with Crippen LogP contribution in [0.5, 0.6) is 0 Å². The molecule has 1 unspecified atom stereocenters. The van der Waals surface area contributed by atoms with E-state index in [4.69, 9.17) is 0 Å². The first-order valence-electron chi connectivity index (χ1n) is 5.05. The molecule has 0 bridgehead atoms. The van der Waals surface area contributed by atoms with E-state index in [1.807, 2.05) is 0 Å². The van der Waals surface area contributed by atoms with Crippen LogP contribution >= 0.6 is 7.60 Å². The molecule has 0 spiro atoms. The fraction of sp³-hybridized carbons (Fsp3) is 0.200. The van der Waals surface area contributed by atoms with E-state index in [0.717, 1.165) is 0 Å². The maximum atomic E-state index is 11.5. The highest BCUT2D eigenvalue weighted by Crippen LogP contribution is 2.56. The maximum absolute atomic E-state index is 11.5. The van der Waals surface area contributed by atoms with Gasteiger partial charge in [0.2, 0.25) is 0 Å². The Hall–Kier alpha value is -1.69. The zero-order valence-corrected chi connectivity index (χ0v) is 10.3. The minimum absolute atomic E-state index is 0.157. The van der Waals surface area contributed by atoms with Crippen molar-refractivity contribution in [3.05, 3.63) is 45.6 Å². The zero-order valence-electron chi connectivity index (χ0n) is 9.42. The van der Waals surface area contributed by atoms with Gasteiger partial charge in [0.25, 0.3) is 5.69 Å². The third-order valence-corrected chi connectivity index (χ3v) is 4.05. The van der Waals surface area contributed by atoms with Crippen LogP contribution in [0.2, 0.25) is 0 Å². The number of nitro benzene ring substituents is 1. The van der Waals surface area contributed by atoms with Crippen LogP contribution in [0.1, 0.15) is 16.9 Å². The van der Waals surface area contributed by atoms with Gasteiger partial charge in [-0.1, -0.05) is 12.1 Å². The van der Waals surface area contributed by atoms with Crippen LogP contribution in [0.15, 0.2) is 24.4 Å². The smallest absolute Gasteiger partial charge is 0.352 e.